The number of rotatable bonds is 10. The van der Waals surface area contributed by atoms with Crippen molar-refractivity contribution in [2.24, 2.45) is 0 Å². The van der Waals surface area contributed by atoms with Gasteiger partial charge >= 0.3 is 0 Å². The fourth-order valence-electron chi connectivity index (χ4n) is 4.52. The minimum Gasteiger partial charge on any atom is -0.497 e. The fourth-order valence-corrected chi connectivity index (χ4v) is 5.51. The van der Waals surface area contributed by atoms with Gasteiger partial charge in [0.25, 0.3) is 17.7 Å². The van der Waals surface area contributed by atoms with Crippen molar-refractivity contribution >= 4 is 46.5 Å². The van der Waals surface area contributed by atoms with Crippen molar-refractivity contribution in [3.63, 3.8) is 0 Å². The van der Waals surface area contributed by atoms with Crippen molar-refractivity contribution in [3.8, 4) is 17.2 Å². The first-order valence-electron chi connectivity index (χ1n) is 13.2. The van der Waals surface area contributed by atoms with Gasteiger partial charge in [0.15, 0.2) is 0 Å². The Labute approximate surface area is 253 Å². The minimum absolute atomic E-state index is 0.125. The maximum Gasteiger partial charge on any atom is 0.283 e. The number of hydrogen-bond acceptors (Lipinski definition) is 8. The number of carbonyl (C=O) groups is 3. The lowest BCUT2D eigenvalue weighted by Crippen LogP contribution is -2.32. The zero-order valence-electron chi connectivity index (χ0n) is 24.0. The normalized spacial score (nSPS) is 12.8. The van der Waals surface area contributed by atoms with Crippen LogP contribution in [0.3, 0.4) is 0 Å². The second-order valence-electron chi connectivity index (χ2n) is 9.46. The summed E-state index contributed by atoms with van der Waals surface area (Å²) in [6.45, 7) is 1.92. The molecule has 0 saturated heterocycles. The standard InChI is InChI=1S/C33H29N3O6S/c1-20-13-16-27(41-3)26(17-20)35-29-30(33(39)36(32(29)38)22-10-6-5-7-11-22)43-24-12-8-9-21(18-24)34-31(37)25-15-14-23(40-2)19-28(25)42-4/h5-19,35H,1-4H3,(H,34,37). The molecule has 0 bridgehead atoms. The topological polar surface area (TPSA) is 106 Å². The van der Waals surface area contributed by atoms with Gasteiger partial charge < -0.3 is 24.8 Å². The smallest absolute Gasteiger partial charge is 0.283 e. The van der Waals surface area contributed by atoms with Crippen LogP contribution in [0, 0.1) is 6.92 Å². The first-order chi connectivity index (χ1) is 20.8. The van der Waals surface area contributed by atoms with Gasteiger partial charge in [-0.3, -0.25) is 14.4 Å². The Morgan fingerprint density at radius 1 is 0.767 bits per heavy atom. The number of benzene rings is 4. The summed E-state index contributed by atoms with van der Waals surface area (Å²) in [6, 6.07) is 26.3. The number of nitrogens with zero attached hydrogens (tertiary/aromatic N) is 1. The predicted octanol–water partition coefficient (Wildman–Crippen LogP) is 6.26. The zero-order chi connectivity index (χ0) is 30.5. The SMILES string of the molecule is COc1ccc(C(=O)Nc2cccc(SC3=C(Nc4cc(C)ccc4OC)C(=O)N(c4ccccc4)C3=O)c2)c(OC)c1. The van der Waals surface area contributed by atoms with E-state index in [4.69, 9.17) is 14.2 Å². The van der Waals surface area contributed by atoms with Crippen molar-refractivity contribution in [1.82, 2.24) is 0 Å². The van der Waals surface area contributed by atoms with E-state index in [1.807, 2.05) is 25.1 Å². The summed E-state index contributed by atoms with van der Waals surface area (Å²) in [7, 11) is 4.55. The summed E-state index contributed by atoms with van der Waals surface area (Å²) in [5.74, 6) is 0.127. The van der Waals surface area contributed by atoms with E-state index in [1.165, 1.54) is 14.2 Å². The molecular formula is C33H29N3O6S. The highest BCUT2D eigenvalue weighted by Gasteiger charge is 2.40. The van der Waals surface area contributed by atoms with E-state index < -0.39 is 11.8 Å². The van der Waals surface area contributed by atoms with Crippen LogP contribution in [0.4, 0.5) is 17.1 Å². The van der Waals surface area contributed by atoms with E-state index in [0.29, 0.717) is 44.8 Å². The second kappa shape index (κ2) is 12.7. The highest BCUT2D eigenvalue weighted by Crippen LogP contribution is 2.40. The van der Waals surface area contributed by atoms with Crippen molar-refractivity contribution in [2.45, 2.75) is 11.8 Å². The van der Waals surface area contributed by atoms with Gasteiger partial charge in [0, 0.05) is 16.6 Å². The summed E-state index contributed by atoms with van der Waals surface area (Å²) >= 11 is 1.13. The third-order valence-corrected chi connectivity index (χ3v) is 7.71. The maximum absolute atomic E-state index is 13.8. The highest BCUT2D eigenvalue weighted by atomic mass is 32.2. The first-order valence-corrected chi connectivity index (χ1v) is 14.1. The highest BCUT2D eigenvalue weighted by molar-refractivity contribution is 8.04. The van der Waals surface area contributed by atoms with E-state index in [-0.39, 0.29) is 16.5 Å². The van der Waals surface area contributed by atoms with Crippen LogP contribution < -0.4 is 29.7 Å². The molecule has 0 aliphatic carbocycles. The Balaban J connectivity index is 1.47. The van der Waals surface area contributed by atoms with Gasteiger partial charge in [-0.15, -0.1) is 0 Å². The lowest BCUT2D eigenvalue weighted by Gasteiger charge is -2.16. The van der Waals surface area contributed by atoms with E-state index >= 15 is 0 Å². The molecule has 0 radical (unpaired) electrons. The van der Waals surface area contributed by atoms with Crippen LogP contribution in [0.5, 0.6) is 17.2 Å². The molecule has 0 saturated carbocycles. The monoisotopic (exact) mass is 595 g/mol. The summed E-state index contributed by atoms with van der Waals surface area (Å²) in [5.41, 5.74) is 2.92. The average Bonchev–Trinajstić information content (AvgIpc) is 3.25. The number of nitrogens with one attached hydrogen (secondary N) is 2. The largest absolute Gasteiger partial charge is 0.497 e. The number of ether oxygens (including phenoxy) is 3. The molecule has 0 spiro atoms. The fraction of sp³-hybridized carbons (Fsp3) is 0.121. The lowest BCUT2D eigenvalue weighted by molar-refractivity contribution is -0.120. The lowest BCUT2D eigenvalue weighted by atomic mass is 10.1. The molecule has 4 aromatic rings. The molecule has 0 unspecified atom stereocenters. The van der Waals surface area contributed by atoms with Crippen LogP contribution in [0.15, 0.2) is 106 Å². The molecule has 0 aromatic heterocycles. The molecule has 43 heavy (non-hydrogen) atoms. The molecule has 0 fully saturated rings. The Morgan fingerprint density at radius 3 is 2.26 bits per heavy atom. The van der Waals surface area contributed by atoms with Crippen molar-refractivity contribution in [2.75, 3.05) is 36.9 Å². The van der Waals surface area contributed by atoms with Gasteiger partial charge in [0.05, 0.1) is 38.3 Å². The van der Waals surface area contributed by atoms with E-state index in [0.717, 1.165) is 22.2 Å². The van der Waals surface area contributed by atoms with E-state index in [2.05, 4.69) is 10.6 Å². The molecule has 218 valence electrons. The quantitative estimate of drug-likeness (QED) is 0.207. The van der Waals surface area contributed by atoms with E-state index in [9.17, 15) is 14.4 Å². The molecule has 1 heterocycles. The molecule has 2 N–H and O–H groups in total. The van der Waals surface area contributed by atoms with Crippen molar-refractivity contribution in [1.29, 1.82) is 0 Å². The summed E-state index contributed by atoms with van der Waals surface area (Å²) in [5, 5.41) is 6.05. The molecule has 4 aromatic carbocycles. The molecule has 0 atom stereocenters. The van der Waals surface area contributed by atoms with Crippen molar-refractivity contribution < 1.29 is 28.6 Å². The van der Waals surface area contributed by atoms with Crippen LogP contribution in [-0.2, 0) is 9.59 Å². The zero-order valence-corrected chi connectivity index (χ0v) is 24.8. The van der Waals surface area contributed by atoms with Gasteiger partial charge in [-0.1, -0.05) is 42.1 Å². The molecular weight excluding hydrogens is 566 g/mol. The van der Waals surface area contributed by atoms with Gasteiger partial charge in [0.1, 0.15) is 27.9 Å². The molecule has 5 rings (SSSR count). The molecule has 9 nitrogen and oxygen atoms in total. The first kappa shape index (κ1) is 29.3. The number of thioether (sulfide) groups is 1. The van der Waals surface area contributed by atoms with Crippen LogP contribution >= 0.6 is 11.8 Å². The Morgan fingerprint density at radius 2 is 1.53 bits per heavy atom. The summed E-state index contributed by atoms with van der Waals surface area (Å²) < 4.78 is 16.1. The third-order valence-electron chi connectivity index (χ3n) is 6.64. The maximum atomic E-state index is 13.8. The Hall–Kier alpha value is -5.22. The molecule has 10 heteroatoms. The number of aryl methyl sites for hydroxylation is 1. The van der Waals surface area contributed by atoms with Crippen molar-refractivity contribution in [3.05, 3.63) is 113 Å². The molecule has 1 aliphatic rings. The number of imide groups is 1. The number of anilines is 3. The number of hydrogen-bond donors (Lipinski definition) is 2. The van der Waals surface area contributed by atoms with Crippen LogP contribution in [0.25, 0.3) is 0 Å². The third kappa shape index (κ3) is 6.19. The summed E-state index contributed by atoms with van der Waals surface area (Å²) in [6.07, 6.45) is 0. The number of para-hydroxylation sites is 1. The number of carbonyl (C=O) groups excluding carboxylic acids is 3. The van der Waals surface area contributed by atoms with Gasteiger partial charge in [0.2, 0.25) is 0 Å². The van der Waals surface area contributed by atoms with Crippen LogP contribution in [-0.4, -0.2) is 39.1 Å². The number of amides is 3. The second-order valence-corrected chi connectivity index (χ2v) is 10.5. The predicted molar refractivity (Wildman–Crippen MR) is 167 cm³/mol. The van der Waals surface area contributed by atoms with Gasteiger partial charge in [-0.05, 0) is 67.1 Å². The van der Waals surface area contributed by atoms with E-state index in [1.54, 1.807) is 79.9 Å². The van der Waals surface area contributed by atoms with Crippen LogP contribution in [0.2, 0.25) is 0 Å². The average molecular weight is 596 g/mol. The van der Waals surface area contributed by atoms with Gasteiger partial charge in [-0.2, -0.15) is 0 Å². The Kier molecular flexibility index (Phi) is 8.68. The summed E-state index contributed by atoms with van der Waals surface area (Å²) in [4.78, 5) is 42.6. The number of methoxy groups -OCH3 is 3. The van der Waals surface area contributed by atoms with Gasteiger partial charge in [-0.25, -0.2) is 4.90 Å². The van der Waals surface area contributed by atoms with Crippen LogP contribution in [0.1, 0.15) is 15.9 Å². The minimum atomic E-state index is -0.488. The molecule has 3 amide bonds. The molecule has 1 aliphatic heterocycles. The Bertz CT molecular complexity index is 1740.